The summed E-state index contributed by atoms with van der Waals surface area (Å²) in [5, 5.41) is 7.93. The standard InChI is InChI=1S/C19H26ClN5O/c1-13-7-6-10-24(11-13)12-14(2)21-19(26)18-22-15(3)25(23-18)17-9-5-4-8-16(17)20/h4-5,8-9,13-14H,6-7,10-12H2,1-3H3,(H,21,26). The Morgan fingerprint density at radius 3 is 2.92 bits per heavy atom. The van der Waals surface area contributed by atoms with Gasteiger partial charge in [-0.25, -0.2) is 9.67 Å². The number of piperidine rings is 1. The number of halogens is 1. The van der Waals surface area contributed by atoms with Gasteiger partial charge in [0.1, 0.15) is 5.82 Å². The summed E-state index contributed by atoms with van der Waals surface area (Å²) in [5.41, 5.74) is 0.716. The van der Waals surface area contributed by atoms with Crippen molar-refractivity contribution < 1.29 is 4.79 Å². The Morgan fingerprint density at radius 1 is 1.42 bits per heavy atom. The summed E-state index contributed by atoms with van der Waals surface area (Å²) in [5.74, 6) is 1.26. The van der Waals surface area contributed by atoms with Crippen molar-refractivity contribution in [1.82, 2.24) is 25.0 Å². The van der Waals surface area contributed by atoms with Crippen molar-refractivity contribution in [3.05, 3.63) is 40.9 Å². The van der Waals surface area contributed by atoms with E-state index in [0.717, 1.165) is 25.6 Å². The first-order valence-electron chi connectivity index (χ1n) is 9.16. The average Bonchev–Trinajstić information content (AvgIpc) is 2.97. The van der Waals surface area contributed by atoms with Gasteiger partial charge in [-0.1, -0.05) is 30.7 Å². The lowest BCUT2D eigenvalue weighted by Gasteiger charge is -2.32. The molecule has 1 aromatic carbocycles. The SMILES string of the molecule is Cc1nc(C(=O)NC(C)CN2CCCC(C)C2)nn1-c1ccccc1Cl. The maximum absolute atomic E-state index is 12.5. The first-order chi connectivity index (χ1) is 12.4. The molecule has 1 aromatic heterocycles. The number of likely N-dealkylation sites (tertiary alicyclic amines) is 1. The average molecular weight is 376 g/mol. The van der Waals surface area contributed by atoms with Crippen molar-refractivity contribution >= 4 is 17.5 Å². The summed E-state index contributed by atoms with van der Waals surface area (Å²) in [6, 6.07) is 7.42. The van der Waals surface area contributed by atoms with Gasteiger partial charge in [0.05, 0.1) is 10.7 Å². The molecular weight excluding hydrogens is 350 g/mol. The number of benzene rings is 1. The number of amides is 1. The van der Waals surface area contributed by atoms with Crippen molar-refractivity contribution in [3.63, 3.8) is 0 Å². The topological polar surface area (TPSA) is 63.1 Å². The van der Waals surface area contributed by atoms with Crippen LogP contribution in [-0.2, 0) is 0 Å². The van der Waals surface area contributed by atoms with Gasteiger partial charge in [-0.2, -0.15) is 0 Å². The minimum atomic E-state index is -0.253. The highest BCUT2D eigenvalue weighted by molar-refractivity contribution is 6.32. The van der Waals surface area contributed by atoms with Gasteiger partial charge in [0.25, 0.3) is 5.91 Å². The third-order valence-corrected chi connectivity index (χ3v) is 5.02. The molecule has 140 valence electrons. The maximum atomic E-state index is 12.5. The molecule has 0 aliphatic carbocycles. The van der Waals surface area contributed by atoms with Gasteiger partial charge in [0, 0.05) is 19.1 Å². The molecule has 0 radical (unpaired) electrons. The van der Waals surface area contributed by atoms with Crippen molar-refractivity contribution in [2.45, 2.75) is 39.7 Å². The number of aryl methyl sites for hydroxylation is 1. The predicted octanol–water partition coefficient (Wildman–Crippen LogP) is 3.08. The van der Waals surface area contributed by atoms with Gasteiger partial charge < -0.3 is 10.2 Å². The molecule has 2 unspecified atom stereocenters. The number of carbonyl (C=O) groups excluding carboxylic acids is 1. The smallest absolute Gasteiger partial charge is 0.291 e. The van der Waals surface area contributed by atoms with Gasteiger partial charge in [-0.05, 0) is 51.3 Å². The van der Waals surface area contributed by atoms with Crippen LogP contribution in [0, 0.1) is 12.8 Å². The maximum Gasteiger partial charge on any atom is 0.291 e. The van der Waals surface area contributed by atoms with E-state index in [0.29, 0.717) is 16.5 Å². The molecule has 26 heavy (non-hydrogen) atoms. The fourth-order valence-corrected chi connectivity index (χ4v) is 3.73. The summed E-state index contributed by atoms with van der Waals surface area (Å²) < 4.78 is 1.61. The van der Waals surface area contributed by atoms with Gasteiger partial charge in [0.2, 0.25) is 5.82 Å². The molecule has 1 N–H and O–H groups in total. The highest BCUT2D eigenvalue weighted by Crippen LogP contribution is 2.20. The van der Waals surface area contributed by atoms with Gasteiger partial charge in [-0.15, -0.1) is 5.10 Å². The van der Waals surface area contributed by atoms with E-state index in [4.69, 9.17) is 11.6 Å². The Morgan fingerprint density at radius 2 is 2.19 bits per heavy atom. The molecular formula is C19H26ClN5O. The number of hydrogen-bond acceptors (Lipinski definition) is 4. The number of rotatable bonds is 5. The Kier molecular flexibility index (Phi) is 5.94. The molecule has 2 heterocycles. The van der Waals surface area contributed by atoms with Crippen molar-refractivity contribution in [1.29, 1.82) is 0 Å². The summed E-state index contributed by atoms with van der Waals surface area (Å²) >= 11 is 6.23. The zero-order chi connectivity index (χ0) is 18.7. The Bertz CT molecular complexity index is 775. The van der Waals surface area contributed by atoms with Gasteiger partial charge >= 0.3 is 0 Å². The first-order valence-corrected chi connectivity index (χ1v) is 9.53. The van der Waals surface area contributed by atoms with Crippen molar-refractivity contribution in [2.24, 2.45) is 5.92 Å². The first kappa shape index (κ1) is 18.9. The monoisotopic (exact) mass is 375 g/mol. The number of para-hydroxylation sites is 1. The van der Waals surface area contributed by atoms with Crippen LogP contribution in [0.3, 0.4) is 0 Å². The lowest BCUT2D eigenvalue weighted by Crippen LogP contribution is -2.45. The second kappa shape index (κ2) is 8.18. The fourth-order valence-electron chi connectivity index (χ4n) is 3.51. The van der Waals surface area contributed by atoms with E-state index >= 15 is 0 Å². The summed E-state index contributed by atoms with van der Waals surface area (Å²) in [6.07, 6.45) is 2.52. The van der Waals surface area contributed by atoms with Crippen LogP contribution in [0.2, 0.25) is 5.02 Å². The molecule has 1 aliphatic heterocycles. The van der Waals surface area contributed by atoms with E-state index in [2.05, 4.69) is 27.2 Å². The molecule has 1 amide bonds. The fraction of sp³-hybridized carbons (Fsp3) is 0.526. The summed E-state index contributed by atoms with van der Waals surface area (Å²) in [4.78, 5) is 19.3. The zero-order valence-electron chi connectivity index (χ0n) is 15.6. The van der Waals surface area contributed by atoms with E-state index in [9.17, 15) is 4.79 Å². The molecule has 1 fully saturated rings. The Balaban J connectivity index is 1.65. The summed E-state index contributed by atoms with van der Waals surface area (Å²) in [6.45, 7) is 9.16. The van der Waals surface area contributed by atoms with E-state index < -0.39 is 0 Å². The molecule has 1 aliphatic rings. The Hall–Kier alpha value is -1.92. The minimum Gasteiger partial charge on any atom is -0.346 e. The number of aromatic nitrogens is 3. The van der Waals surface area contributed by atoms with Crippen LogP contribution < -0.4 is 5.32 Å². The van der Waals surface area contributed by atoms with Crippen LogP contribution in [-0.4, -0.2) is 51.2 Å². The third kappa shape index (κ3) is 4.43. The van der Waals surface area contributed by atoms with E-state index in [-0.39, 0.29) is 17.8 Å². The van der Waals surface area contributed by atoms with Crippen LogP contribution in [0.25, 0.3) is 5.69 Å². The second-order valence-electron chi connectivity index (χ2n) is 7.23. The van der Waals surface area contributed by atoms with E-state index in [1.165, 1.54) is 12.8 Å². The van der Waals surface area contributed by atoms with Crippen LogP contribution >= 0.6 is 11.6 Å². The Labute approximate surface area is 159 Å². The van der Waals surface area contributed by atoms with E-state index in [1.807, 2.05) is 32.0 Å². The van der Waals surface area contributed by atoms with Crippen LogP contribution in [0.4, 0.5) is 0 Å². The molecule has 0 saturated carbocycles. The number of nitrogens with zero attached hydrogens (tertiary/aromatic N) is 4. The molecule has 6 nitrogen and oxygen atoms in total. The highest BCUT2D eigenvalue weighted by atomic mass is 35.5. The zero-order valence-corrected chi connectivity index (χ0v) is 16.3. The molecule has 1 saturated heterocycles. The molecule has 3 rings (SSSR count). The van der Waals surface area contributed by atoms with Crippen LogP contribution in [0.1, 0.15) is 43.1 Å². The second-order valence-corrected chi connectivity index (χ2v) is 7.63. The normalized spacial score (nSPS) is 19.3. The van der Waals surface area contributed by atoms with Crippen molar-refractivity contribution in [2.75, 3.05) is 19.6 Å². The lowest BCUT2D eigenvalue weighted by molar-refractivity contribution is 0.0909. The van der Waals surface area contributed by atoms with Crippen LogP contribution in [0.15, 0.2) is 24.3 Å². The lowest BCUT2D eigenvalue weighted by atomic mass is 10.00. The molecule has 2 aromatic rings. The molecule has 7 heteroatoms. The minimum absolute atomic E-state index is 0.0420. The van der Waals surface area contributed by atoms with Gasteiger partial charge in [0.15, 0.2) is 0 Å². The largest absolute Gasteiger partial charge is 0.346 e. The number of nitrogens with one attached hydrogen (secondary N) is 1. The molecule has 0 spiro atoms. The number of hydrogen-bond donors (Lipinski definition) is 1. The quantitative estimate of drug-likeness (QED) is 0.872. The molecule has 0 bridgehead atoms. The van der Waals surface area contributed by atoms with E-state index in [1.54, 1.807) is 10.7 Å². The highest BCUT2D eigenvalue weighted by Gasteiger charge is 2.21. The van der Waals surface area contributed by atoms with Crippen LogP contribution in [0.5, 0.6) is 0 Å². The number of carbonyl (C=O) groups is 1. The van der Waals surface area contributed by atoms with Gasteiger partial charge in [-0.3, -0.25) is 4.79 Å². The third-order valence-electron chi connectivity index (χ3n) is 4.70. The molecule has 2 atom stereocenters. The van der Waals surface area contributed by atoms with Crippen molar-refractivity contribution in [3.8, 4) is 5.69 Å². The summed E-state index contributed by atoms with van der Waals surface area (Å²) in [7, 11) is 0. The predicted molar refractivity (Wildman–Crippen MR) is 103 cm³/mol.